The maximum Gasteiger partial charge on any atom is 0.168 e. The summed E-state index contributed by atoms with van der Waals surface area (Å²) in [5.41, 5.74) is 3.34. The Morgan fingerprint density at radius 3 is 2.06 bits per heavy atom. The molecule has 1 heteroatoms. The number of rotatable bonds is 2. The highest BCUT2D eigenvalue weighted by Crippen LogP contribution is 2.26. The van der Waals surface area contributed by atoms with Crippen LogP contribution < -0.4 is 0 Å². The van der Waals surface area contributed by atoms with Crippen molar-refractivity contribution in [2.24, 2.45) is 10.8 Å². The zero-order valence-corrected chi connectivity index (χ0v) is 12.8. The van der Waals surface area contributed by atoms with Gasteiger partial charge in [-0.25, -0.2) is 0 Å². The van der Waals surface area contributed by atoms with Crippen LogP contribution in [-0.2, 0) is 6.42 Å². The van der Waals surface area contributed by atoms with Crippen LogP contribution in [0, 0.1) is 17.8 Å². The molecule has 0 saturated heterocycles. The summed E-state index contributed by atoms with van der Waals surface area (Å²) in [6.07, 6.45) is 1.00. The van der Waals surface area contributed by atoms with Gasteiger partial charge < -0.3 is 0 Å². The number of hydrogen-bond donors (Lipinski definition) is 0. The number of hydrogen-bond acceptors (Lipinski definition) is 1. The van der Waals surface area contributed by atoms with Crippen molar-refractivity contribution >= 4 is 5.78 Å². The van der Waals surface area contributed by atoms with Gasteiger partial charge in [0.05, 0.1) is 0 Å². The highest BCUT2D eigenvalue weighted by atomic mass is 16.1. The zero-order valence-electron chi connectivity index (χ0n) is 12.8. The zero-order chi connectivity index (χ0) is 14.1. The molecule has 0 bridgehead atoms. The average Bonchev–Trinajstić information content (AvgIpc) is 2.17. The normalized spacial score (nSPS) is 12.6. The number of carbonyl (C=O) groups is 1. The number of aryl methyl sites for hydroxylation is 1. The fourth-order valence-electron chi connectivity index (χ4n) is 2.01. The first-order valence-electron chi connectivity index (χ1n) is 6.65. The molecule has 1 aromatic rings. The number of benzene rings is 1. The van der Waals surface area contributed by atoms with Gasteiger partial charge in [-0.05, 0) is 36.0 Å². The molecule has 0 fully saturated rings. The largest absolute Gasteiger partial charge is 0.294 e. The Morgan fingerprint density at radius 1 is 1.06 bits per heavy atom. The van der Waals surface area contributed by atoms with Crippen molar-refractivity contribution in [3.63, 3.8) is 0 Å². The summed E-state index contributed by atoms with van der Waals surface area (Å²) in [6, 6.07) is 6.10. The summed E-state index contributed by atoms with van der Waals surface area (Å²) in [4.78, 5) is 12.3. The lowest BCUT2D eigenvalue weighted by Crippen LogP contribution is -2.20. The number of carbonyl (C=O) groups excluding carboxylic acids is 1. The Balaban J connectivity index is 3.13. The molecule has 0 aliphatic carbocycles. The summed E-state index contributed by atoms with van der Waals surface area (Å²) < 4.78 is 0. The van der Waals surface area contributed by atoms with Crippen molar-refractivity contribution in [1.82, 2.24) is 0 Å². The smallest absolute Gasteiger partial charge is 0.168 e. The second-order valence-electron chi connectivity index (χ2n) is 7.46. The molecule has 0 heterocycles. The fraction of sp³-hybridized carbons (Fsp3) is 0.588. The quantitative estimate of drug-likeness (QED) is 0.684. The lowest BCUT2D eigenvalue weighted by atomic mass is 9.82. The maximum atomic E-state index is 12.3. The van der Waals surface area contributed by atoms with Crippen LogP contribution in [0.1, 0.15) is 63.0 Å². The van der Waals surface area contributed by atoms with Gasteiger partial charge in [0.25, 0.3) is 0 Å². The second kappa shape index (κ2) is 4.87. The van der Waals surface area contributed by atoms with E-state index < -0.39 is 0 Å². The first-order chi connectivity index (χ1) is 8.00. The van der Waals surface area contributed by atoms with E-state index in [1.165, 1.54) is 11.1 Å². The van der Waals surface area contributed by atoms with Crippen LogP contribution >= 0.6 is 0 Å². The van der Waals surface area contributed by atoms with Gasteiger partial charge >= 0.3 is 0 Å². The summed E-state index contributed by atoms with van der Waals surface area (Å²) in [6.45, 7) is 14.7. The average molecular weight is 246 g/mol. The molecule has 0 aliphatic heterocycles. The second-order valence-corrected chi connectivity index (χ2v) is 7.46. The molecule has 0 spiro atoms. The van der Waals surface area contributed by atoms with Crippen LogP contribution in [0.25, 0.3) is 0 Å². The van der Waals surface area contributed by atoms with E-state index in [-0.39, 0.29) is 16.6 Å². The van der Waals surface area contributed by atoms with Gasteiger partial charge in [0.2, 0.25) is 0 Å². The summed E-state index contributed by atoms with van der Waals surface area (Å²) in [5.74, 6) is 0.220. The lowest BCUT2D eigenvalue weighted by molar-refractivity contribution is 0.0858. The topological polar surface area (TPSA) is 17.1 Å². The summed E-state index contributed by atoms with van der Waals surface area (Å²) in [7, 11) is 0. The third kappa shape index (κ3) is 3.97. The molecular formula is C17H26O. The molecule has 0 aromatic heterocycles. The first kappa shape index (κ1) is 14.9. The number of Topliss-reactive ketones (excluding diaryl/α,β-unsaturated/α-hetero) is 1. The van der Waals surface area contributed by atoms with E-state index >= 15 is 0 Å². The minimum Gasteiger partial charge on any atom is -0.294 e. The van der Waals surface area contributed by atoms with E-state index in [2.05, 4.69) is 39.8 Å². The van der Waals surface area contributed by atoms with Crippen molar-refractivity contribution in [2.75, 3.05) is 0 Å². The minimum absolute atomic E-state index is 0.220. The predicted molar refractivity (Wildman–Crippen MR) is 78.1 cm³/mol. The van der Waals surface area contributed by atoms with E-state index in [1.54, 1.807) is 0 Å². The lowest BCUT2D eigenvalue weighted by Gasteiger charge is -2.22. The van der Waals surface area contributed by atoms with E-state index in [4.69, 9.17) is 0 Å². The van der Waals surface area contributed by atoms with Crippen molar-refractivity contribution in [1.29, 1.82) is 0 Å². The highest BCUT2D eigenvalue weighted by molar-refractivity contribution is 6.00. The van der Waals surface area contributed by atoms with Gasteiger partial charge in [0.1, 0.15) is 0 Å². The predicted octanol–water partition coefficient (Wildman–Crippen LogP) is 4.81. The molecule has 1 nitrogen and oxygen atoms in total. The first-order valence-corrected chi connectivity index (χ1v) is 6.65. The molecule has 0 amide bonds. The molecule has 0 aliphatic rings. The Morgan fingerprint density at radius 2 is 1.61 bits per heavy atom. The SMILES string of the molecule is Cc1ccc(C(=O)C(C)(C)C)cc1CC(C)(C)C. The molecule has 0 radical (unpaired) electrons. The molecule has 0 unspecified atom stereocenters. The van der Waals surface area contributed by atoms with Gasteiger partial charge in [-0.1, -0.05) is 53.7 Å². The van der Waals surface area contributed by atoms with E-state index in [0.29, 0.717) is 0 Å². The summed E-state index contributed by atoms with van der Waals surface area (Å²) >= 11 is 0. The van der Waals surface area contributed by atoms with Crippen LogP contribution in [0.15, 0.2) is 18.2 Å². The minimum atomic E-state index is -0.311. The highest BCUT2D eigenvalue weighted by Gasteiger charge is 2.23. The Bertz CT molecular complexity index is 442. The van der Waals surface area contributed by atoms with E-state index in [9.17, 15) is 4.79 Å². The Labute approximate surface area is 112 Å². The fourth-order valence-corrected chi connectivity index (χ4v) is 2.01. The third-order valence-corrected chi connectivity index (χ3v) is 3.01. The molecule has 100 valence electrons. The van der Waals surface area contributed by atoms with Crippen LogP contribution in [0.5, 0.6) is 0 Å². The van der Waals surface area contributed by atoms with Crippen molar-refractivity contribution in [3.05, 3.63) is 34.9 Å². The molecule has 0 saturated carbocycles. The Hall–Kier alpha value is -1.11. The molecular weight excluding hydrogens is 220 g/mol. The maximum absolute atomic E-state index is 12.3. The molecule has 1 rings (SSSR count). The van der Waals surface area contributed by atoms with E-state index in [1.807, 2.05) is 26.8 Å². The van der Waals surface area contributed by atoms with Gasteiger partial charge in [-0.2, -0.15) is 0 Å². The van der Waals surface area contributed by atoms with Gasteiger partial charge in [0.15, 0.2) is 5.78 Å². The van der Waals surface area contributed by atoms with Crippen LogP contribution in [-0.4, -0.2) is 5.78 Å². The molecule has 18 heavy (non-hydrogen) atoms. The number of ketones is 1. The van der Waals surface area contributed by atoms with Gasteiger partial charge in [-0.15, -0.1) is 0 Å². The third-order valence-electron chi connectivity index (χ3n) is 3.01. The van der Waals surface area contributed by atoms with Gasteiger partial charge in [-0.3, -0.25) is 4.79 Å². The molecule has 0 N–H and O–H groups in total. The van der Waals surface area contributed by atoms with Crippen molar-refractivity contribution in [3.8, 4) is 0 Å². The standard InChI is InChI=1S/C17H26O/c1-12-8-9-13(15(18)17(5,6)7)10-14(12)11-16(2,3)4/h8-10H,11H2,1-7H3. The summed E-state index contributed by atoms with van der Waals surface area (Å²) in [5, 5.41) is 0. The van der Waals surface area contributed by atoms with Crippen molar-refractivity contribution < 1.29 is 4.79 Å². The van der Waals surface area contributed by atoms with Crippen LogP contribution in [0.3, 0.4) is 0 Å². The van der Waals surface area contributed by atoms with Crippen LogP contribution in [0.4, 0.5) is 0 Å². The Kier molecular flexibility index (Phi) is 4.05. The van der Waals surface area contributed by atoms with Crippen molar-refractivity contribution in [2.45, 2.75) is 54.9 Å². The monoisotopic (exact) mass is 246 g/mol. The van der Waals surface area contributed by atoms with Crippen LogP contribution in [0.2, 0.25) is 0 Å². The van der Waals surface area contributed by atoms with E-state index in [0.717, 1.165) is 12.0 Å². The molecule has 1 aromatic carbocycles. The molecule has 0 atom stereocenters. The van der Waals surface area contributed by atoms with Gasteiger partial charge in [0, 0.05) is 11.0 Å².